The Bertz CT molecular complexity index is 661. The molecule has 0 saturated carbocycles. The molecule has 0 heterocycles. The summed E-state index contributed by atoms with van der Waals surface area (Å²) in [5.74, 6) is -2.00. The molecule has 0 bridgehead atoms. The van der Waals surface area contributed by atoms with Gasteiger partial charge in [-0.15, -0.1) is 0 Å². The zero-order valence-electron chi connectivity index (χ0n) is 11.0. The van der Waals surface area contributed by atoms with Crippen molar-refractivity contribution in [3.63, 3.8) is 0 Å². The van der Waals surface area contributed by atoms with Crippen molar-refractivity contribution in [2.24, 2.45) is 0 Å². The van der Waals surface area contributed by atoms with Crippen LogP contribution in [0.3, 0.4) is 0 Å². The van der Waals surface area contributed by atoms with Crippen molar-refractivity contribution in [2.45, 2.75) is 17.7 Å². The second-order valence-corrected chi connectivity index (χ2v) is 6.21. The summed E-state index contributed by atoms with van der Waals surface area (Å²) in [4.78, 5) is 19.6. The number of carboxylic acid groups (broad SMARTS) is 1. The third kappa shape index (κ3) is 4.20. The molecule has 21 heavy (non-hydrogen) atoms. The number of nitro benzene ring substituents is 1. The zero-order valence-corrected chi connectivity index (χ0v) is 11.8. The molecule has 1 aromatic rings. The van der Waals surface area contributed by atoms with Gasteiger partial charge in [0.15, 0.2) is 4.90 Å². The molecule has 0 spiro atoms. The largest absolute Gasteiger partial charge is 0.481 e. The molecule has 0 radical (unpaired) electrons. The smallest absolute Gasteiger partial charge is 0.303 e. The summed E-state index contributed by atoms with van der Waals surface area (Å²) in [6.45, 7) is -0.122. The number of carboxylic acids is 1. The van der Waals surface area contributed by atoms with Gasteiger partial charge >= 0.3 is 5.97 Å². The van der Waals surface area contributed by atoms with Crippen LogP contribution in [0.25, 0.3) is 0 Å². The number of benzene rings is 1. The molecule has 1 rings (SSSR count). The maximum atomic E-state index is 13.0. The lowest BCUT2D eigenvalue weighted by atomic mass is 10.3. The summed E-state index contributed by atoms with van der Waals surface area (Å²) in [5.41, 5.74) is -0.861. The number of rotatable bonds is 7. The fraction of sp³-hybridized carbons (Fsp3) is 0.364. The van der Waals surface area contributed by atoms with E-state index in [-0.39, 0.29) is 19.4 Å². The molecular formula is C11H13FN2O6S. The Morgan fingerprint density at radius 1 is 1.48 bits per heavy atom. The van der Waals surface area contributed by atoms with Crippen LogP contribution in [-0.4, -0.2) is 42.3 Å². The summed E-state index contributed by atoms with van der Waals surface area (Å²) in [6.07, 6.45) is -0.175. The van der Waals surface area contributed by atoms with Crippen molar-refractivity contribution < 1.29 is 27.6 Å². The third-order valence-corrected chi connectivity index (χ3v) is 4.57. The van der Waals surface area contributed by atoms with Gasteiger partial charge in [-0.05, 0) is 18.6 Å². The topological polar surface area (TPSA) is 118 Å². The lowest BCUT2D eigenvalue weighted by Gasteiger charge is -2.16. The Balaban J connectivity index is 3.07. The van der Waals surface area contributed by atoms with Crippen molar-refractivity contribution >= 4 is 21.7 Å². The minimum Gasteiger partial charge on any atom is -0.481 e. The molecule has 0 unspecified atom stereocenters. The van der Waals surface area contributed by atoms with Gasteiger partial charge in [0.1, 0.15) is 5.82 Å². The maximum Gasteiger partial charge on any atom is 0.303 e. The molecule has 0 aliphatic carbocycles. The first kappa shape index (κ1) is 17.0. The Morgan fingerprint density at radius 2 is 2.10 bits per heavy atom. The lowest BCUT2D eigenvalue weighted by molar-refractivity contribution is -0.388. The van der Waals surface area contributed by atoms with Crippen LogP contribution in [0.2, 0.25) is 0 Å². The van der Waals surface area contributed by atoms with Crippen LogP contribution in [0.5, 0.6) is 0 Å². The fourth-order valence-corrected chi connectivity index (χ4v) is 2.94. The van der Waals surface area contributed by atoms with Gasteiger partial charge in [-0.25, -0.2) is 17.1 Å². The van der Waals surface area contributed by atoms with Gasteiger partial charge in [-0.3, -0.25) is 14.9 Å². The highest BCUT2D eigenvalue weighted by atomic mass is 32.2. The minimum atomic E-state index is -4.20. The van der Waals surface area contributed by atoms with E-state index >= 15 is 0 Å². The number of hydrogen-bond acceptors (Lipinski definition) is 5. The van der Waals surface area contributed by atoms with Crippen molar-refractivity contribution in [2.75, 3.05) is 13.6 Å². The number of nitrogens with zero attached hydrogens (tertiary/aromatic N) is 2. The highest BCUT2D eigenvalue weighted by Gasteiger charge is 2.29. The molecule has 1 N–H and O–H groups in total. The molecule has 0 aromatic heterocycles. The van der Waals surface area contributed by atoms with Crippen LogP contribution in [0.15, 0.2) is 23.1 Å². The number of carbonyl (C=O) groups is 1. The van der Waals surface area contributed by atoms with Crippen molar-refractivity contribution in [3.8, 4) is 0 Å². The van der Waals surface area contributed by atoms with E-state index in [4.69, 9.17) is 5.11 Å². The van der Waals surface area contributed by atoms with Gasteiger partial charge in [0.2, 0.25) is 10.0 Å². The molecule has 1 aromatic carbocycles. The number of sulfonamides is 1. The highest BCUT2D eigenvalue weighted by molar-refractivity contribution is 7.89. The zero-order chi connectivity index (χ0) is 16.2. The van der Waals surface area contributed by atoms with Gasteiger partial charge in [-0.1, -0.05) is 0 Å². The van der Waals surface area contributed by atoms with E-state index in [1.54, 1.807) is 0 Å². The molecule has 10 heteroatoms. The number of aliphatic carboxylic acids is 1. The summed E-state index contributed by atoms with van der Waals surface area (Å²) in [5, 5.41) is 19.3. The first-order chi connectivity index (χ1) is 9.66. The molecule has 0 saturated heterocycles. The molecule has 116 valence electrons. The van der Waals surface area contributed by atoms with Crippen LogP contribution in [0.4, 0.5) is 10.1 Å². The first-order valence-electron chi connectivity index (χ1n) is 5.78. The Kier molecular flexibility index (Phi) is 5.33. The monoisotopic (exact) mass is 320 g/mol. The second-order valence-electron chi connectivity index (χ2n) is 4.19. The predicted octanol–water partition coefficient (Wildman–Crippen LogP) is 1.22. The SMILES string of the molecule is CN(CCCC(=O)O)S(=O)(=O)c1ccc(F)cc1[N+](=O)[O-]. The molecule has 0 fully saturated rings. The Labute approximate surface area is 120 Å². The standard InChI is InChI=1S/C11H13FN2O6S/c1-13(6-2-3-11(15)16)21(19,20)10-5-4-8(12)7-9(10)14(17)18/h4-5,7H,2-3,6H2,1H3,(H,15,16). The average molecular weight is 320 g/mol. The summed E-state index contributed by atoms with van der Waals surface area (Å²) >= 11 is 0. The van der Waals surface area contributed by atoms with Crippen LogP contribution in [-0.2, 0) is 14.8 Å². The van der Waals surface area contributed by atoms with Crippen LogP contribution < -0.4 is 0 Å². The second kappa shape index (κ2) is 6.59. The minimum absolute atomic E-state index is 0.0556. The molecule has 0 amide bonds. The van der Waals surface area contributed by atoms with Crippen molar-refractivity contribution in [1.82, 2.24) is 4.31 Å². The molecular weight excluding hydrogens is 307 g/mol. The van der Waals surface area contributed by atoms with Gasteiger partial charge < -0.3 is 5.11 Å². The van der Waals surface area contributed by atoms with Crippen molar-refractivity contribution in [3.05, 3.63) is 34.1 Å². The first-order valence-corrected chi connectivity index (χ1v) is 7.22. The fourth-order valence-electron chi connectivity index (χ4n) is 1.59. The van der Waals surface area contributed by atoms with Gasteiger partial charge in [0, 0.05) is 20.0 Å². The molecule has 0 aliphatic heterocycles. The van der Waals surface area contributed by atoms with Crippen LogP contribution in [0.1, 0.15) is 12.8 Å². The van der Waals surface area contributed by atoms with Gasteiger partial charge in [0.25, 0.3) is 5.69 Å². The quantitative estimate of drug-likeness (QED) is 0.596. The summed E-state index contributed by atoms with van der Waals surface area (Å²) < 4.78 is 38.2. The lowest BCUT2D eigenvalue weighted by Crippen LogP contribution is -2.29. The Hall–Kier alpha value is -2.07. The van der Waals surface area contributed by atoms with Crippen molar-refractivity contribution in [1.29, 1.82) is 0 Å². The average Bonchev–Trinajstić information content (AvgIpc) is 2.37. The van der Waals surface area contributed by atoms with E-state index in [2.05, 4.69) is 0 Å². The summed E-state index contributed by atoms with van der Waals surface area (Å²) in [7, 11) is -3.03. The van der Waals surface area contributed by atoms with E-state index in [9.17, 15) is 27.7 Å². The third-order valence-electron chi connectivity index (χ3n) is 2.67. The van der Waals surface area contributed by atoms with E-state index in [1.165, 1.54) is 7.05 Å². The van der Waals surface area contributed by atoms with E-state index in [1.807, 2.05) is 0 Å². The molecule has 8 nitrogen and oxygen atoms in total. The van der Waals surface area contributed by atoms with E-state index in [0.29, 0.717) is 6.07 Å². The Morgan fingerprint density at radius 3 is 2.62 bits per heavy atom. The maximum absolute atomic E-state index is 13.0. The van der Waals surface area contributed by atoms with E-state index < -0.39 is 37.3 Å². The number of hydrogen-bond donors (Lipinski definition) is 1. The number of halogens is 1. The predicted molar refractivity (Wildman–Crippen MR) is 69.7 cm³/mol. The summed E-state index contributed by atoms with van der Waals surface area (Å²) in [6, 6.07) is 2.15. The van der Waals surface area contributed by atoms with Gasteiger partial charge in [0.05, 0.1) is 11.0 Å². The van der Waals surface area contributed by atoms with Gasteiger partial charge in [-0.2, -0.15) is 0 Å². The van der Waals surface area contributed by atoms with E-state index in [0.717, 1.165) is 16.4 Å². The highest BCUT2D eigenvalue weighted by Crippen LogP contribution is 2.26. The molecule has 0 atom stereocenters. The molecule has 0 aliphatic rings. The van der Waals surface area contributed by atoms with Crippen LogP contribution in [0, 0.1) is 15.9 Å². The van der Waals surface area contributed by atoms with Crippen LogP contribution >= 0.6 is 0 Å². The number of nitro groups is 1. The normalized spacial score (nSPS) is 11.6.